The van der Waals surface area contributed by atoms with Crippen LogP contribution < -0.4 is 0 Å². The van der Waals surface area contributed by atoms with Crippen LogP contribution in [0.25, 0.3) is 0 Å². The van der Waals surface area contributed by atoms with Gasteiger partial charge in [0, 0.05) is 6.20 Å². The van der Waals surface area contributed by atoms with E-state index >= 15 is 0 Å². The Morgan fingerprint density at radius 1 is 1.47 bits per heavy atom. The molecule has 0 aliphatic heterocycles. The zero-order valence-electron chi connectivity index (χ0n) is 8.17. The number of hydrogen-bond donors (Lipinski definition) is 2. The summed E-state index contributed by atoms with van der Waals surface area (Å²) in [5, 5.41) is 17.5. The van der Waals surface area contributed by atoms with E-state index < -0.39 is 24.3 Å². The predicted octanol–water partition coefficient (Wildman–Crippen LogP) is 1.03. The molecule has 0 saturated carbocycles. The minimum atomic E-state index is -1.17. The van der Waals surface area contributed by atoms with Crippen molar-refractivity contribution in [3.05, 3.63) is 29.6 Å². The molecule has 5 heteroatoms. The summed E-state index contributed by atoms with van der Waals surface area (Å²) in [5.41, 5.74) is 0.999. The van der Waals surface area contributed by atoms with Crippen molar-refractivity contribution >= 4 is 11.9 Å². The molecule has 80 valence electrons. The summed E-state index contributed by atoms with van der Waals surface area (Å²) in [6.45, 7) is 1.71. The van der Waals surface area contributed by atoms with E-state index in [9.17, 15) is 9.59 Å². The first-order valence-corrected chi connectivity index (χ1v) is 4.38. The van der Waals surface area contributed by atoms with Crippen LogP contribution in [0.3, 0.4) is 0 Å². The van der Waals surface area contributed by atoms with Crippen molar-refractivity contribution in [2.45, 2.75) is 19.3 Å². The highest BCUT2D eigenvalue weighted by atomic mass is 16.4. The third-order valence-corrected chi connectivity index (χ3v) is 2.06. The highest BCUT2D eigenvalue weighted by Gasteiger charge is 2.25. The van der Waals surface area contributed by atoms with Crippen molar-refractivity contribution in [1.29, 1.82) is 0 Å². The highest BCUT2D eigenvalue weighted by Crippen LogP contribution is 2.20. The maximum atomic E-state index is 10.9. The van der Waals surface area contributed by atoms with Crippen LogP contribution in [0.5, 0.6) is 0 Å². The van der Waals surface area contributed by atoms with E-state index in [1.54, 1.807) is 19.1 Å². The Hall–Kier alpha value is -1.91. The van der Waals surface area contributed by atoms with E-state index in [2.05, 4.69) is 4.98 Å². The molecule has 5 nitrogen and oxygen atoms in total. The molecule has 1 heterocycles. The molecular formula is C10H11NO4. The topological polar surface area (TPSA) is 87.5 Å². The number of nitrogens with zero attached hydrogens (tertiary/aromatic N) is 1. The minimum Gasteiger partial charge on any atom is -0.481 e. The highest BCUT2D eigenvalue weighted by molar-refractivity contribution is 5.82. The molecule has 1 aromatic heterocycles. The summed E-state index contributed by atoms with van der Waals surface area (Å²) in [6, 6.07) is 3.39. The van der Waals surface area contributed by atoms with E-state index in [1.807, 2.05) is 0 Å². The first kappa shape index (κ1) is 11.2. The van der Waals surface area contributed by atoms with Crippen molar-refractivity contribution in [1.82, 2.24) is 4.98 Å². The van der Waals surface area contributed by atoms with Crippen LogP contribution in [0.4, 0.5) is 0 Å². The number of hydrogen-bond acceptors (Lipinski definition) is 3. The molecule has 0 aromatic carbocycles. The van der Waals surface area contributed by atoms with Crippen molar-refractivity contribution in [3.63, 3.8) is 0 Å². The molecule has 1 atom stereocenters. The van der Waals surface area contributed by atoms with E-state index in [0.29, 0.717) is 11.3 Å². The van der Waals surface area contributed by atoms with Gasteiger partial charge in [0.05, 0.1) is 12.1 Å². The Bertz CT molecular complexity index is 389. The Morgan fingerprint density at radius 2 is 2.13 bits per heavy atom. The summed E-state index contributed by atoms with van der Waals surface area (Å²) in [7, 11) is 0. The number of carbonyl (C=O) groups is 2. The standard InChI is InChI=1S/C10H11NO4/c1-6-3-2-4-11-9(6)7(10(14)15)5-8(12)13/h2-4,7H,5H2,1H3,(H,12,13)(H,14,15). The second kappa shape index (κ2) is 4.54. The molecule has 0 aliphatic rings. The Balaban J connectivity index is 3.04. The van der Waals surface area contributed by atoms with Gasteiger partial charge in [-0.1, -0.05) is 6.07 Å². The molecule has 15 heavy (non-hydrogen) atoms. The van der Waals surface area contributed by atoms with Gasteiger partial charge < -0.3 is 10.2 Å². The van der Waals surface area contributed by atoms with E-state index in [-0.39, 0.29) is 0 Å². The lowest BCUT2D eigenvalue weighted by atomic mass is 9.97. The number of aromatic nitrogens is 1. The van der Waals surface area contributed by atoms with E-state index in [4.69, 9.17) is 10.2 Å². The average molecular weight is 209 g/mol. The van der Waals surface area contributed by atoms with Crippen LogP contribution in [0, 0.1) is 6.92 Å². The molecule has 1 aromatic rings. The Morgan fingerprint density at radius 3 is 2.60 bits per heavy atom. The van der Waals surface area contributed by atoms with Gasteiger partial charge in [-0.2, -0.15) is 0 Å². The largest absolute Gasteiger partial charge is 0.481 e. The summed E-state index contributed by atoms with van der Waals surface area (Å²) < 4.78 is 0. The molecule has 0 radical (unpaired) electrons. The smallest absolute Gasteiger partial charge is 0.313 e. The van der Waals surface area contributed by atoms with Crippen LogP contribution in [-0.2, 0) is 9.59 Å². The molecule has 1 unspecified atom stereocenters. The number of carboxylic acids is 2. The molecule has 0 bridgehead atoms. The zero-order chi connectivity index (χ0) is 11.4. The van der Waals surface area contributed by atoms with E-state index in [1.165, 1.54) is 6.20 Å². The lowest BCUT2D eigenvalue weighted by molar-refractivity contribution is -0.145. The number of pyridine rings is 1. The average Bonchev–Trinajstić information content (AvgIpc) is 2.15. The number of aryl methyl sites for hydroxylation is 1. The van der Waals surface area contributed by atoms with Crippen LogP contribution in [0.15, 0.2) is 18.3 Å². The third-order valence-electron chi connectivity index (χ3n) is 2.06. The SMILES string of the molecule is Cc1cccnc1C(CC(=O)O)C(=O)O. The van der Waals surface area contributed by atoms with Crippen LogP contribution >= 0.6 is 0 Å². The molecule has 1 rings (SSSR count). The third kappa shape index (κ3) is 2.77. The fourth-order valence-electron chi connectivity index (χ4n) is 1.34. The number of rotatable bonds is 4. The van der Waals surface area contributed by atoms with Crippen LogP contribution in [0.1, 0.15) is 23.6 Å². The molecular weight excluding hydrogens is 198 g/mol. The zero-order valence-corrected chi connectivity index (χ0v) is 8.17. The van der Waals surface area contributed by atoms with E-state index in [0.717, 1.165) is 0 Å². The lowest BCUT2D eigenvalue weighted by Crippen LogP contribution is -2.18. The first-order chi connectivity index (χ1) is 7.02. The van der Waals surface area contributed by atoms with Gasteiger partial charge >= 0.3 is 11.9 Å². The van der Waals surface area contributed by atoms with Gasteiger partial charge in [0.2, 0.25) is 0 Å². The lowest BCUT2D eigenvalue weighted by Gasteiger charge is -2.11. The first-order valence-electron chi connectivity index (χ1n) is 4.38. The van der Waals surface area contributed by atoms with Gasteiger partial charge in [-0.3, -0.25) is 14.6 Å². The van der Waals surface area contributed by atoms with Crippen molar-refractivity contribution in [3.8, 4) is 0 Å². The molecule has 0 spiro atoms. The summed E-state index contributed by atoms with van der Waals surface area (Å²) >= 11 is 0. The fourth-order valence-corrected chi connectivity index (χ4v) is 1.34. The summed E-state index contributed by atoms with van der Waals surface area (Å²) in [6.07, 6.45) is 1.01. The van der Waals surface area contributed by atoms with Gasteiger partial charge in [0.15, 0.2) is 0 Å². The second-order valence-electron chi connectivity index (χ2n) is 3.19. The van der Waals surface area contributed by atoms with Gasteiger partial charge in [-0.25, -0.2) is 0 Å². The van der Waals surface area contributed by atoms with Gasteiger partial charge in [-0.15, -0.1) is 0 Å². The summed E-state index contributed by atoms with van der Waals surface area (Å²) in [5.74, 6) is -3.39. The Labute approximate surface area is 86.4 Å². The molecule has 0 fully saturated rings. The molecule has 0 aliphatic carbocycles. The van der Waals surface area contributed by atoms with Gasteiger partial charge in [-0.05, 0) is 18.6 Å². The predicted molar refractivity (Wildman–Crippen MR) is 51.6 cm³/mol. The Kier molecular flexibility index (Phi) is 3.38. The van der Waals surface area contributed by atoms with Crippen LogP contribution in [-0.4, -0.2) is 27.1 Å². The molecule has 0 amide bonds. The summed E-state index contributed by atoms with van der Waals surface area (Å²) in [4.78, 5) is 25.3. The van der Waals surface area contributed by atoms with Crippen molar-refractivity contribution in [2.75, 3.05) is 0 Å². The van der Waals surface area contributed by atoms with Crippen molar-refractivity contribution < 1.29 is 19.8 Å². The number of aliphatic carboxylic acids is 2. The van der Waals surface area contributed by atoms with Crippen molar-refractivity contribution in [2.24, 2.45) is 0 Å². The molecule has 2 N–H and O–H groups in total. The fraction of sp³-hybridized carbons (Fsp3) is 0.300. The quantitative estimate of drug-likeness (QED) is 0.773. The second-order valence-corrected chi connectivity index (χ2v) is 3.19. The monoisotopic (exact) mass is 209 g/mol. The van der Waals surface area contributed by atoms with Gasteiger partial charge in [0.25, 0.3) is 0 Å². The maximum Gasteiger partial charge on any atom is 0.313 e. The minimum absolute atomic E-state index is 0.312. The normalized spacial score (nSPS) is 12.1. The number of carboxylic acid groups (broad SMARTS) is 2. The molecule has 0 saturated heterocycles. The van der Waals surface area contributed by atoms with Gasteiger partial charge in [0.1, 0.15) is 5.92 Å². The maximum absolute atomic E-state index is 10.9. The van der Waals surface area contributed by atoms with Crippen LogP contribution in [0.2, 0.25) is 0 Å².